The van der Waals surface area contributed by atoms with Gasteiger partial charge in [0.25, 0.3) is 0 Å². The number of rotatable bonds is 8. The molecule has 19 heavy (non-hydrogen) atoms. The van der Waals surface area contributed by atoms with Crippen molar-refractivity contribution in [2.75, 3.05) is 24.2 Å². The number of ether oxygens (including phenoxy) is 1. The maximum Gasteiger partial charge on any atom is 0.242 e. The molecule has 0 saturated heterocycles. The summed E-state index contributed by atoms with van der Waals surface area (Å²) in [5, 5.41) is 3.29. The van der Waals surface area contributed by atoms with Crippen molar-refractivity contribution >= 4 is 11.5 Å². The summed E-state index contributed by atoms with van der Waals surface area (Å²) in [4.78, 5) is 8.85. The molecule has 0 fully saturated rings. The van der Waals surface area contributed by atoms with E-state index >= 15 is 0 Å². The van der Waals surface area contributed by atoms with Crippen LogP contribution < -0.4 is 15.8 Å². The van der Waals surface area contributed by atoms with Crippen LogP contribution in [0.2, 0.25) is 0 Å². The number of nitrogens with zero attached hydrogens (tertiary/aromatic N) is 2. The molecule has 0 bridgehead atoms. The third-order valence-corrected chi connectivity index (χ3v) is 2.80. The number of unbranched alkanes of at least 4 members (excludes halogenated alkanes) is 2. The Labute approximate surface area is 116 Å². The van der Waals surface area contributed by atoms with Gasteiger partial charge in [0.15, 0.2) is 5.82 Å². The normalized spacial score (nSPS) is 10.8. The number of hydrogen-bond donors (Lipinski definition) is 2. The highest BCUT2D eigenvalue weighted by Crippen LogP contribution is 2.28. The smallest absolute Gasteiger partial charge is 0.242 e. The maximum atomic E-state index is 6.04. The molecule has 0 aromatic carbocycles. The Balaban J connectivity index is 2.87. The lowest BCUT2D eigenvalue weighted by atomic mass is 10.2. The van der Waals surface area contributed by atoms with Crippen LogP contribution in [0, 0.1) is 0 Å². The van der Waals surface area contributed by atoms with Gasteiger partial charge in [-0.3, -0.25) is 0 Å². The van der Waals surface area contributed by atoms with Gasteiger partial charge in [0.2, 0.25) is 5.88 Å². The van der Waals surface area contributed by atoms with Gasteiger partial charge in [-0.25, -0.2) is 4.98 Å². The molecular weight excluding hydrogens is 240 g/mol. The number of hydrogen-bond acceptors (Lipinski definition) is 5. The lowest BCUT2D eigenvalue weighted by molar-refractivity contribution is 0.326. The van der Waals surface area contributed by atoms with Crippen LogP contribution in [0.15, 0.2) is 0 Å². The van der Waals surface area contributed by atoms with E-state index in [1.807, 2.05) is 6.92 Å². The van der Waals surface area contributed by atoms with Crippen molar-refractivity contribution in [2.45, 2.75) is 52.9 Å². The summed E-state index contributed by atoms with van der Waals surface area (Å²) in [7, 11) is 0. The van der Waals surface area contributed by atoms with Crippen LogP contribution in [-0.2, 0) is 0 Å². The molecule has 1 rings (SSSR count). The monoisotopic (exact) mass is 266 g/mol. The standard InChI is InChI=1S/C14H26N4O/c1-5-7-8-9-16-13-11(15)14(19-6-2)18-12(17-13)10(3)4/h10H,5-9,15H2,1-4H3,(H,16,17,18). The van der Waals surface area contributed by atoms with E-state index in [-0.39, 0.29) is 5.92 Å². The van der Waals surface area contributed by atoms with Crippen molar-refractivity contribution < 1.29 is 4.74 Å². The first-order valence-corrected chi connectivity index (χ1v) is 7.14. The molecule has 5 heteroatoms. The third-order valence-electron chi connectivity index (χ3n) is 2.80. The average molecular weight is 266 g/mol. The van der Waals surface area contributed by atoms with Crippen molar-refractivity contribution in [2.24, 2.45) is 0 Å². The van der Waals surface area contributed by atoms with Gasteiger partial charge in [-0.2, -0.15) is 4.98 Å². The predicted octanol–water partition coefficient (Wildman–Crippen LogP) is 3.18. The minimum absolute atomic E-state index is 0.246. The van der Waals surface area contributed by atoms with E-state index < -0.39 is 0 Å². The first-order valence-electron chi connectivity index (χ1n) is 7.14. The molecule has 5 nitrogen and oxygen atoms in total. The van der Waals surface area contributed by atoms with Gasteiger partial charge >= 0.3 is 0 Å². The third kappa shape index (κ3) is 4.58. The van der Waals surface area contributed by atoms with Crippen molar-refractivity contribution in [1.82, 2.24) is 9.97 Å². The zero-order valence-electron chi connectivity index (χ0n) is 12.5. The largest absolute Gasteiger partial charge is 0.476 e. The second-order valence-electron chi connectivity index (χ2n) is 4.87. The molecule has 0 radical (unpaired) electrons. The van der Waals surface area contributed by atoms with Gasteiger partial charge in [0.1, 0.15) is 11.5 Å². The molecule has 1 heterocycles. The van der Waals surface area contributed by atoms with Crippen molar-refractivity contribution in [3.05, 3.63) is 5.82 Å². The first-order chi connectivity index (χ1) is 9.10. The van der Waals surface area contributed by atoms with Crippen LogP contribution >= 0.6 is 0 Å². The van der Waals surface area contributed by atoms with Crippen LogP contribution in [0.25, 0.3) is 0 Å². The molecule has 3 N–H and O–H groups in total. The maximum absolute atomic E-state index is 6.04. The number of nitrogen functional groups attached to an aromatic ring is 1. The van der Waals surface area contributed by atoms with Crippen LogP contribution in [0.3, 0.4) is 0 Å². The van der Waals surface area contributed by atoms with Gasteiger partial charge in [-0.1, -0.05) is 33.6 Å². The summed E-state index contributed by atoms with van der Waals surface area (Å²) in [5.74, 6) is 2.18. The summed E-state index contributed by atoms with van der Waals surface area (Å²) in [6.45, 7) is 9.64. The topological polar surface area (TPSA) is 73.1 Å². The van der Waals surface area contributed by atoms with Crippen LogP contribution in [0.5, 0.6) is 5.88 Å². The van der Waals surface area contributed by atoms with Crippen molar-refractivity contribution in [3.63, 3.8) is 0 Å². The second-order valence-corrected chi connectivity index (χ2v) is 4.87. The van der Waals surface area contributed by atoms with Crippen LogP contribution in [-0.4, -0.2) is 23.1 Å². The Bertz CT molecular complexity index is 393. The molecule has 0 spiro atoms. The molecule has 0 unspecified atom stereocenters. The molecular formula is C14H26N4O. The number of nitrogens with one attached hydrogen (secondary N) is 1. The van der Waals surface area contributed by atoms with Crippen LogP contribution in [0.4, 0.5) is 11.5 Å². The number of aromatic nitrogens is 2. The van der Waals surface area contributed by atoms with E-state index in [1.165, 1.54) is 12.8 Å². The zero-order chi connectivity index (χ0) is 14.3. The van der Waals surface area contributed by atoms with E-state index in [4.69, 9.17) is 10.5 Å². The molecule has 0 amide bonds. The van der Waals surface area contributed by atoms with Crippen molar-refractivity contribution in [1.29, 1.82) is 0 Å². The van der Waals surface area contributed by atoms with E-state index in [0.29, 0.717) is 24.0 Å². The fourth-order valence-corrected chi connectivity index (χ4v) is 1.69. The summed E-state index contributed by atoms with van der Waals surface area (Å²) in [5.41, 5.74) is 6.54. The molecule has 1 aromatic rings. The highest BCUT2D eigenvalue weighted by Gasteiger charge is 2.14. The fourth-order valence-electron chi connectivity index (χ4n) is 1.69. The number of nitrogens with two attached hydrogens (primary N) is 1. The minimum atomic E-state index is 0.246. The molecule has 0 aliphatic carbocycles. The Morgan fingerprint density at radius 1 is 1.21 bits per heavy atom. The van der Waals surface area contributed by atoms with Gasteiger partial charge in [0.05, 0.1) is 6.61 Å². The number of anilines is 2. The zero-order valence-corrected chi connectivity index (χ0v) is 12.5. The average Bonchev–Trinajstić information content (AvgIpc) is 2.38. The SMILES string of the molecule is CCCCCNc1nc(C(C)C)nc(OCC)c1N. The van der Waals surface area contributed by atoms with E-state index in [2.05, 4.69) is 36.1 Å². The lowest BCUT2D eigenvalue weighted by Gasteiger charge is -2.14. The Hall–Kier alpha value is -1.52. The van der Waals surface area contributed by atoms with E-state index in [9.17, 15) is 0 Å². The molecule has 0 aliphatic heterocycles. The molecule has 0 atom stereocenters. The first kappa shape index (κ1) is 15.5. The summed E-state index contributed by atoms with van der Waals surface area (Å²) >= 11 is 0. The lowest BCUT2D eigenvalue weighted by Crippen LogP contribution is -2.12. The Morgan fingerprint density at radius 2 is 1.95 bits per heavy atom. The highest BCUT2D eigenvalue weighted by atomic mass is 16.5. The predicted molar refractivity (Wildman–Crippen MR) is 79.7 cm³/mol. The van der Waals surface area contributed by atoms with Gasteiger partial charge in [0, 0.05) is 12.5 Å². The highest BCUT2D eigenvalue weighted by molar-refractivity contribution is 5.67. The molecule has 108 valence electrons. The molecule has 1 aromatic heterocycles. The molecule has 0 aliphatic rings. The van der Waals surface area contributed by atoms with Crippen molar-refractivity contribution in [3.8, 4) is 5.88 Å². The molecule has 0 saturated carbocycles. The van der Waals surface area contributed by atoms with Gasteiger partial charge in [-0.05, 0) is 13.3 Å². The quantitative estimate of drug-likeness (QED) is 0.707. The van der Waals surface area contributed by atoms with Gasteiger partial charge < -0.3 is 15.8 Å². The summed E-state index contributed by atoms with van der Waals surface area (Å²) in [6, 6.07) is 0. The van der Waals surface area contributed by atoms with Crippen LogP contribution in [0.1, 0.15) is 58.7 Å². The minimum Gasteiger partial charge on any atom is -0.476 e. The summed E-state index contributed by atoms with van der Waals surface area (Å²) < 4.78 is 5.48. The fraction of sp³-hybridized carbons (Fsp3) is 0.714. The van der Waals surface area contributed by atoms with E-state index in [0.717, 1.165) is 18.8 Å². The Kier molecular flexibility index (Phi) is 6.39. The summed E-state index contributed by atoms with van der Waals surface area (Å²) in [6.07, 6.45) is 3.51. The van der Waals surface area contributed by atoms with E-state index in [1.54, 1.807) is 0 Å². The van der Waals surface area contributed by atoms with Gasteiger partial charge in [-0.15, -0.1) is 0 Å². The second kappa shape index (κ2) is 7.81. The Morgan fingerprint density at radius 3 is 2.53 bits per heavy atom.